The number of rotatable bonds is 2. The van der Waals surface area contributed by atoms with Crippen LogP contribution >= 0.6 is 11.6 Å². The summed E-state index contributed by atoms with van der Waals surface area (Å²) in [5.41, 5.74) is -0.475. The van der Waals surface area contributed by atoms with Crippen molar-refractivity contribution in [3.05, 3.63) is 34.9 Å². The van der Waals surface area contributed by atoms with E-state index < -0.39 is 17.5 Å². The van der Waals surface area contributed by atoms with E-state index in [1.54, 1.807) is 0 Å². The Kier molecular flexibility index (Phi) is 3.06. The molecule has 0 aromatic heterocycles. The molecule has 0 aliphatic rings. The lowest BCUT2D eigenvalue weighted by molar-refractivity contribution is -0.170. The Bertz CT molecular complexity index is 352. The van der Waals surface area contributed by atoms with Gasteiger partial charge in [-0.2, -0.15) is 8.78 Å². The van der Waals surface area contributed by atoms with Gasteiger partial charge >= 0.3 is 11.9 Å². The Labute approximate surface area is 84.4 Å². The molecule has 1 aromatic carbocycles. The van der Waals surface area contributed by atoms with Crippen LogP contribution in [0.15, 0.2) is 24.3 Å². The first-order chi connectivity index (χ1) is 6.48. The number of halogens is 3. The van der Waals surface area contributed by atoms with E-state index in [-0.39, 0.29) is 5.02 Å². The lowest BCUT2D eigenvalue weighted by Crippen LogP contribution is -2.27. The minimum atomic E-state index is -3.65. The highest BCUT2D eigenvalue weighted by Crippen LogP contribution is 2.30. The van der Waals surface area contributed by atoms with Crippen LogP contribution < -0.4 is 0 Å². The predicted molar refractivity (Wildman–Crippen MR) is 47.4 cm³/mol. The minimum Gasteiger partial charge on any atom is -0.464 e. The van der Waals surface area contributed by atoms with Crippen molar-refractivity contribution in [1.82, 2.24) is 0 Å². The average Bonchev–Trinajstić information content (AvgIpc) is 2.16. The minimum absolute atomic E-state index is 0.145. The van der Waals surface area contributed by atoms with E-state index in [2.05, 4.69) is 4.74 Å². The molecule has 0 saturated carbocycles. The maximum atomic E-state index is 13.2. The third kappa shape index (κ3) is 2.01. The van der Waals surface area contributed by atoms with E-state index in [1.807, 2.05) is 0 Å². The summed E-state index contributed by atoms with van der Waals surface area (Å²) in [5.74, 6) is -5.25. The van der Waals surface area contributed by atoms with Crippen LogP contribution in [0.1, 0.15) is 5.56 Å². The van der Waals surface area contributed by atoms with Gasteiger partial charge in [-0.1, -0.05) is 23.7 Å². The number of hydrogen-bond donors (Lipinski definition) is 0. The van der Waals surface area contributed by atoms with Crippen molar-refractivity contribution in [3.63, 3.8) is 0 Å². The molecule has 1 rings (SSSR count). The molecule has 5 heteroatoms. The smallest absolute Gasteiger partial charge is 0.381 e. The van der Waals surface area contributed by atoms with E-state index in [0.717, 1.165) is 19.2 Å². The first-order valence-electron chi connectivity index (χ1n) is 3.70. The fraction of sp³-hybridized carbons (Fsp3) is 0.222. The number of carbonyl (C=O) groups excluding carboxylic acids is 1. The van der Waals surface area contributed by atoms with Crippen LogP contribution in [0.5, 0.6) is 0 Å². The van der Waals surface area contributed by atoms with E-state index in [1.165, 1.54) is 12.1 Å². The summed E-state index contributed by atoms with van der Waals surface area (Å²) in [7, 11) is 0.904. The monoisotopic (exact) mass is 220 g/mol. The van der Waals surface area contributed by atoms with Crippen molar-refractivity contribution in [2.24, 2.45) is 0 Å². The fourth-order valence-electron chi connectivity index (χ4n) is 0.930. The van der Waals surface area contributed by atoms with Crippen LogP contribution in [0, 0.1) is 0 Å². The van der Waals surface area contributed by atoms with Gasteiger partial charge in [0.15, 0.2) is 0 Å². The van der Waals surface area contributed by atoms with Gasteiger partial charge in [-0.15, -0.1) is 0 Å². The summed E-state index contributed by atoms with van der Waals surface area (Å²) in [5, 5.41) is 0.145. The largest absolute Gasteiger partial charge is 0.464 e. The predicted octanol–water partition coefficient (Wildman–Crippen LogP) is 2.60. The molecule has 0 N–H and O–H groups in total. The van der Waals surface area contributed by atoms with Gasteiger partial charge in [0.25, 0.3) is 0 Å². The molecule has 0 spiro atoms. The highest BCUT2D eigenvalue weighted by atomic mass is 35.5. The summed E-state index contributed by atoms with van der Waals surface area (Å²) in [4.78, 5) is 10.7. The van der Waals surface area contributed by atoms with Crippen molar-refractivity contribution >= 4 is 17.6 Å². The van der Waals surface area contributed by atoms with Crippen molar-refractivity contribution in [3.8, 4) is 0 Å². The molecule has 0 radical (unpaired) electrons. The number of ether oxygens (including phenoxy) is 1. The zero-order valence-corrected chi connectivity index (χ0v) is 8.02. The van der Waals surface area contributed by atoms with Gasteiger partial charge in [0.1, 0.15) is 0 Å². The van der Waals surface area contributed by atoms with E-state index in [0.29, 0.717) is 0 Å². The average molecular weight is 221 g/mol. The molecule has 0 unspecified atom stereocenters. The SMILES string of the molecule is COC(=O)C(F)(F)c1cccc(Cl)c1. The molecule has 14 heavy (non-hydrogen) atoms. The zero-order valence-electron chi connectivity index (χ0n) is 7.26. The molecule has 0 aliphatic carbocycles. The van der Waals surface area contributed by atoms with E-state index >= 15 is 0 Å². The Balaban J connectivity index is 3.09. The standard InChI is InChI=1S/C9H7ClF2O2/c1-14-8(13)9(11,12)6-3-2-4-7(10)5-6/h2-5H,1H3. The first kappa shape index (κ1) is 10.9. The molecule has 1 aromatic rings. The number of esters is 1. The van der Waals surface area contributed by atoms with Crippen molar-refractivity contribution in [2.75, 3.05) is 7.11 Å². The second-order valence-electron chi connectivity index (χ2n) is 2.58. The lowest BCUT2D eigenvalue weighted by Gasteiger charge is -2.13. The molecular weight excluding hydrogens is 214 g/mol. The summed E-state index contributed by atoms with van der Waals surface area (Å²) < 4.78 is 30.4. The van der Waals surface area contributed by atoms with Gasteiger partial charge in [-0.25, -0.2) is 4.79 Å². The normalized spacial score (nSPS) is 11.1. The van der Waals surface area contributed by atoms with E-state index in [9.17, 15) is 13.6 Å². The Morgan fingerprint density at radius 1 is 1.50 bits per heavy atom. The molecule has 0 heterocycles. The number of benzene rings is 1. The maximum absolute atomic E-state index is 13.2. The number of carbonyl (C=O) groups is 1. The summed E-state index contributed by atoms with van der Waals surface area (Å²) in [6, 6.07) is 4.92. The van der Waals surface area contributed by atoms with Crippen LogP contribution in [0.2, 0.25) is 5.02 Å². The number of hydrogen-bond acceptors (Lipinski definition) is 2. The summed E-state index contributed by atoms with van der Waals surface area (Å²) in [6.07, 6.45) is 0. The molecule has 0 saturated heterocycles. The third-order valence-corrected chi connectivity index (χ3v) is 1.86. The molecule has 0 amide bonds. The lowest BCUT2D eigenvalue weighted by atomic mass is 10.1. The van der Waals surface area contributed by atoms with Crippen LogP contribution in [0.3, 0.4) is 0 Å². The molecular formula is C9H7ClF2O2. The van der Waals surface area contributed by atoms with Gasteiger partial charge in [-0.3, -0.25) is 0 Å². The van der Waals surface area contributed by atoms with Crippen LogP contribution in [-0.4, -0.2) is 13.1 Å². The maximum Gasteiger partial charge on any atom is 0.381 e. The second-order valence-corrected chi connectivity index (χ2v) is 3.01. The van der Waals surface area contributed by atoms with Crippen LogP contribution in [0.4, 0.5) is 8.78 Å². The summed E-state index contributed by atoms with van der Waals surface area (Å²) in [6.45, 7) is 0. The quantitative estimate of drug-likeness (QED) is 0.716. The highest BCUT2D eigenvalue weighted by Gasteiger charge is 2.42. The molecule has 0 aliphatic heterocycles. The molecule has 0 bridgehead atoms. The highest BCUT2D eigenvalue weighted by molar-refractivity contribution is 6.30. The van der Waals surface area contributed by atoms with Gasteiger partial charge in [0.2, 0.25) is 0 Å². The van der Waals surface area contributed by atoms with Gasteiger partial charge < -0.3 is 4.74 Å². The van der Waals surface area contributed by atoms with Gasteiger partial charge in [0.05, 0.1) is 7.11 Å². The molecule has 2 nitrogen and oxygen atoms in total. The summed E-state index contributed by atoms with van der Waals surface area (Å²) >= 11 is 5.51. The van der Waals surface area contributed by atoms with Crippen molar-refractivity contribution < 1.29 is 18.3 Å². The van der Waals surface area contributed by atoms with Crippen molar-refractivity contribution in [2.45, 2.75) is 5.92 Å². The van der Waals surface area contributed by atoms with Crippen molar-refractivity contribution in [1.29, 1.82) is 0 Å². The second kappa shape index (κ2) is 3.92. The number of alkyl halides is 2. The van der Waals surface area contributed by atoms with Crippen LogP contribution in [0.25, 0.3) is 0 Å². The number of methoxy groups -OCH3 is 1. The topological polar surface area (TPSA) is 26.3 Å². The molecule has 0 atom stereocenters. The fourth-order valence-corrected chi connectivity index (χ4v) is 1.12. The van der Waals surface area contributed by atoms with Gasteiger partial charge in [0, 0.05) is 10.6 Å². The zero-order chi connectivity index (χ0) is 10.8. The first-order valence-corrected chi connectivity index (χ1v) is 4.08. The van der Waals surface area contributed by atoms with Crippen LogP contribution in [-0.2, 0) is 15.5 Å². The Morgan fingerprint density at radius 3 is 2.64 bits per heavy atom. The Hall–Kier alpha value is -1.16. The molecule has 0 fully saturated rings. The Morgan fingerprint density at radius 2 is 2.14 bits per heavy atom. The molecule has 76 valence electrons. The third-order valence-electron chi connectivity index (χ3n) is 1.63. The van der Waals surface area contributed by atoms with E-state index in [4.69, 9.17) is 11.6 Å². The van der Waals surface area contributed by atoms with Gasteiger partial charge in [-0.05, 0) is 12.1 Å².